The summed E-state index contributed by atoms with van der Waals surface area (Å²) >= 11 is 3.15. The minimum absolute atomic E-state index is 0.00683. The first-order valence-corrected chi connectivity index (χ1v) is 7.50. The molecule has 19 heavy (non-hydrogen) atoms. The van der Waals surface area contributed by atoms with Crippen LogP contribution in [0.25, 0.3) is 0 Å². The van der Waals surface area contributed by atoms with Crippen LogP contribution in [0.1, 0.15) is 0 Å². The molecule has 2 aromatic rings. The van der Waals surface area contributed by atoms with Gasteiger partial charge in [0.15, 0.2) is 0 Å². The zero-order valence-corrected chi connectivity index (χ0v) is 12.3. The van der Waals surface area contributed by atoms with E-state index in [0.29, 0.717) is 4.47 Å². The molecule has 1 aromatic carbocycles. The van der Waals surface area contributed by atoms with E-state index in [-0.39, 0.29) is 10.6 Å². The highest BCUT2D eigenvalue weighted by Crippen LogP contribution is 2.25. The van der Waals surface area contributed by atoms with Crippen LogP contribution in [0, 0.1) is 5.82 Å². The van der Waals surface area contributed by atoms with Crippen molar-refractivity contribution in [2.24, 2.45) is 0 Å². The molecular weight excluding hydrogens is 335 g/mol. The van der Waals surface area contributed by atoms with Crippen molar-refractivity contribution < 1.29 is 12.8 Å². The quantitative estimate of drug-likeness (QED) is 0.860. The van der Waals surface area contributed by atoms with Crippen LogP contribution >= 0.6 is 15.9 Å². The van der Waals surface area contributed by atoms with E-state index >= 15 is 0 Å². The molecule has 100 valence electrons. The first-order valence-electron chi connectivity index (χ1n) is 5.27. The summed E-state index contributed by atoms with van der Waals surface area (Å²) in [5.74, 6) is -0.600. The summed E-state index contributed by atoms with van der Waals surface area (Å²) in [6, 6.07) is 7.10. The van der Waals surface area contributed by atoms with Crippen LogP contribution in [0.4, 0.5) is 10.1 Å². The second-order valence-corrected chi connectivity index (χ2v) is 6.65. The van der Waals surface area contributed by atoms with Crippen LogP contribution in [0.2, 0.25) is 0 Å². The number of pyridine rings is 1. The number of halogens is 2. The van der Waals surface area contributed by atoms with Crippen molar-refractivity contribution in [1.82, 2.24) is 4.98 Å². The largest absolute Gasteiger partial charge is 0.266 e. The number of sulfonamides is 1. The van der Waals surface area contributed by atoms with Gasteiger partial charge in [0.2, 0.25) is 0 Å². The maximum Gasteiger partial charge on any atom is 0.265 e. The van der Waals surface area contributed by atoms with E-state index in [4.69, 9.17) is 0 Å². The maximum absolute atomic E-state index is 13.6. The second kappa shape index (κ2) is 5.26. The number of aromatic nitrogens is 1. The Hall–Kier alpha value is -1.47. The highest BCUT2D eigenvalue weighted by Gasteiger charge is 2.23. The smallest absolute Gasteiger partial charge is 0.265 e. The third-order valence-electron chi connectivity index (χ3n) is 2.53. The molecule has 0 spiro atoms. The van der Waals surface area contributed by atoms with Gasteiger partial charge in [-0.3, -0.25) is 9.29 Å². The molecule has 0 aliphatic heterocycles. The number of nitrogens with zero attached hydrogens (tertiary/aromatic N) is 2. The van der Waals surface area contributed by atoms with Crippen molar-refractivity contribution in [3.63, 3.8) is 0 Å². The lowest BCUT2D eigenvalue weighted by Crippen LogP contribution is -2.27. The molecular formula is C12H10BrFN2O2S. The molecule has 0 atom stereocenters. The van der Waals surface area contributed by atoms with Gasteiger partial charge in [0.1, 0.15) is 10.7 Å². The summed E-state index contributed by atoms with van der Waals surface area (Å²) in [7, 11) is -2.54. The molecule has 0 saturated heterocycles. The summed E-state index contributed by atoms with van der Waals surface area (Å²) < 4.78 is 39.7. The average Bonchev–Trinajstić information content (AvgIpc) is 2.38. The fourth-order valence-corrected chi connectivity index (χ4v) is 3.24. The van der Waals surface area contributed by atoms with E-state index in [1.54, 1.807) is 6.07 Å². The van der Waals surface area contributed by atoms with Crippen LogP contribution in [0.5, 0.6) is 0 Å². The van der Waals surface area contributed by atoms with E-state index < -0.39 is 15.8 Å². The molecule has 0 bridgehead atoms. The van der Waals surface area contributed by atoms with Crippen molar-refractivity contribution in [2.75, 3.05) is 11.4 Å². The number of hydrogen-bond donors (Lipinski definition) is 0. The predicted octanol–water partition coefficient (Wildman–Crippen LogP) is 2.81. The lowest BCUT2D eigenvalue weighted by molar-refractivity contribution is 0.589. The number of para-hydroxylation sites is 1. The topological polar surface area (TPSA) is 50.3 Å². The Balaban J connectivity index is 2.49. The standard InChI is InChI=1S/C12H10BrFN2O2S/c1-16(12-5-3-2-4-11(12)14)19(17,18)10-6-9(13)7-15-8-10/h2-8H,1H3. The van der Waals surface area contributed by atoms with Crippen LogP contribution < -0.4 is 4.31 Å². The Morgan fingerprint density at radius 1 is 1.26 bits per heavy atom. The minimum Gasteiger partial charge on any atom is -0.266 e. The van der Waals surface area contributed by atoms with Crippen molar-refractivity contribution in [3.05, 3.63) is 53.0 Å². The van der Waals surface area contributed by atoms with Gasteiger partial charge in [-0.2, -0.15) is 0 Å². The molecule has 0 amide bonds. The first-order chi connectivity index (χ1) is 8.93. The summed E-state index contributed by atoms with van der Waals surface area (Å²) in [4.78, 5) is 3.80. The SMILES string of the molecule is CN(c1ccccc1F)S(=O)(=O)c1cncc(Br)c1. The van der Waals surface area contributed by atoms with Crippen molar-refractivity contribution in [1.29, 1.82) is 0 Å². The van der Waals surface area contributed by atoms with Gasteiger partial charge in [0.25, 0.3) is 10.0 Å². The number of rotatable bonds is 3. The molecule has 0 N–H and O–H groups in total. The summed E-state index contributed by atoms with van der Waals surface area (Å²) in [5.41, 5.74) is -0.0116. The monoisotopic (exact) mass is 344 g/mol. The zero-order chi connectivity index (χ0) is 14.0. The Bertz CT molecular complexity index is 706. The predicted molar refractivity (Wildman–Crippen MR) is 73.9 cm³/mol. The van der Waals surface area contributed by atoms with Crippen LogP contribution in [0.15, 0.2) is 52.1 Å². The normalized spacial score (nSPS) is 11.3. The molecule has 0 aliphatic carbocycles. The Morgan fingerprint density at radius 2 is 1.95 bits per heavy atom. The van der Waals surface area contributed by atoms with Gasteiger partial charge in [-0.15, -0.1) is 0 Å². The first kappa shape index (κ1) is 14.0. The highest BCUT2D eigenvalue weighted by atomic mass is 79.9. The Kier molecular flexibility index (Phi) is 3.86. The number of hydrogen-bond acceptors (Lipinski definition) is 3. The summed E-state index contributed by atoms with van der Waals surface area (Å²) in [6.07, 6.45) is 2.69. The zero-order valence-electron chi connectivity index (χ0n) is 9.92. The van der Waals surface area contributed by atoms with Gasteiger partial charge in [-0.1, -0.05) is 12.1 Å². The van der Waals surface area contributed by atoms with E-state index in [1.807, 2.05) is 0 Å². The van der Waals surface area contributed by atoms with Crippen LogP contribution in [-0.2, 0) is 10.0 Å². The van der Waals surface area contributed by atoms with Crippen molar-refractivity contribution >= 4 is 31.6 Å². The number of anilines is 1. The van der Waals surface area contributed by atoms with Crippen molar-refractivity contribution in [3.8, 4) is 0 Å². The van der Waals surface area contributed by atoms with E-state index in [2.05, 4.69) is 20.9 Å². The van der Waals surface area contributed by atoms with Gasteiger partial charge < -0.3 is 0 Å². The summed E-state index contributed by atoms with van der Waals surface area (Å²) in [5, 5.41) is 0. The minimum atomic E-state index is -3.84. The number of benzene rings is 1. The van der Waals surface area contributed by atoms with E-state index in [1.165, 1.54) is 43.7 Å². The van der Waals surface area contributed by atoms with Gasteiger partial charge in [-0.25, -0.2) is 12.8 Å². The highest BCUT2D eigenvalue weighted by molar-refractivity contribution is 9.10. The summed E-state index contributed by atoms with van der Waals surface area (Å²) in [6.45, 7) is 0. The molecule has 0 fully saturated rings. The van der Waals surface area contributed by atoms with Gasteiger partial charge >= 0.3 is 0 Å². The van der Waals surface area contributed by atoms with Gasteiger partial charge in [0.05, 0.1) is 5.69 Å². The van der Waals surface area contributed by atoms with Crippen LogP contribution in [0.3, 0.4) is 0 Å². The lowest BCUT2D eigenvalue weighted by Gasteiger charge is -2.19. The lowest BCUT2D eigenvalue weighted by atomic mass is 10.3. The molecule has 0 unspecified atom stereocenters. The average molecular weight is 345 g/mol. The second-order valence-electron chi connectivity index (χ2n) is 3.76. The molecule has 1 aromatic heterocycles. The maximum atomic E-state index is 13.6. The van der Waals surface area contributed by atoms with Crippen LogP contribution in [-0.4, -0.2) is 20.4 Å². The van der Waals surface area contributed by atoms with Crippen molar-refractivity contribution in [2.45, 2.75) is 4.90 Å². The molecule has 2 rings (SSSR count). The molecule has 7 heteroatoms. The third kappa shape index (κ3) is 2.76. The third-order valence-corrected chi connectivity index (χ3v) is 4.70. The van der Waals surface area contributed by atoms with Gasteiger partial charge in [0, 0.05) is 23.9 Å². The van der Waals surface area contributed by atoms with Gasteiger partial charge in [-0.05, 0) is 34.1 Å². The Morgan fingerprint density at radius 3 is 2.58 bits per heavy atom. The fraction of sp³-hybridized carbons (Fsp3) is 0.0833. The van der Waals surface area contributed by atoms with E-state index in [0.717, 1.165) is 4.31 Å². The fourth-order valence-electron chi connectivity index (χ4n) is 1.53. The molecule has 0 saturated carbocycles. The molecule has 4 nitrogen and oxygen atoms in total. The molecule has 1 heterocycles. The Labute approximate surface area is 119 Å². The molecule has 0 radical (unpaired) electrons. The van der Waals surface area contributed by atoms with E-state index in [9.17, 15) is 12.8 Å². The molecule has 0 aliphatic rings.